The SMILES string of the molecule is Cn1nc(C(F)(F)C(F)(F)F)c(OC(F)F)c1N/C=C(\C=N)c1cnc(C#N)c(C(=O)NC2CC2)c1. The van der Waals surface area contributed by atoms with Crippen molar-refractivity contribution >= 4 is 23.5 Å². The number of alkyl halides is 7. The maximum absolute atomic E-state index is 13.9. The van der Waals surface area contributed by atoms with Crippen molar-refractivity contribution < 1.29 is 40.3 Å². The predicted octanol–water partition coefficient (Wildman–Crippen LogP) is 3.94. The van der Waals surface area contributed by atoms with Crippen LogP contribution in [0.25, 0.3) is 5.57 Å². The summed E-state index contributed by atoms with van der Waals surface area (Å²) in [6.45, 7) is -3.76. The normalized spacial score (nSPS) is 14.4. The van der Waals surface area contributed by atoms with Crippen LogP contribution in [0.1, 0.15) is 40.2 Å². The first-order valence-electron chi connectivity index (χ1n) is 9.95. The van der Waals surface area contributed by atoms with E-state index in [1.807, 2.05) is 0 Å². The number of hydrogen-bond donors (Lipinski definition) is 3. The predicted molar refractivity (Wildman–Crippen MR) is 110 cm³/mol. The number of carbonyl (C=O) groups excluding carboxylic acids is 1. The molecule has 3 rings (SSSR count). The zero-order chi connectivity index (χ0) is 26.8. The lowest BCUT2D eigenvalue weighted by molar-refractivity contribution is -0.291. The van der Waals surface area contributed by atoms with Crippen molar-refractivity contribution in [1.29, 1.82) is 10.7 Å². The number of aryl methyl sites for hydroxylation is 1. The van der Waals surface area contributed by atoms with E-state index in [1.165, 1.54) is 6.07 Å². The van der Waals surface area contributed by atoms with E-state index in [0.29, 0.717) is 10.9 Å². The summed E-state index contributed by atoms with van der Waals surface area (Å²) in [5.74, 6) is -8.58. The molecule has 1 fully saturated rings. The highest BCUT2D eigenvalue weighted by Gasteiger charge is 2.62. The van der Waals surface area contributed by atoms with Crippen molar-refractivity contribution in [1.82, 2.24) is 20.1 Å². The van der Waals surface area contributed by atoms with Crippen molar-refractivity contribution in [2.24, 2.45) is 7.05 Å². The van der Waals surface area contributed by atoms with Gasteiger partial charge in [0, 0.05) is 42.8 Å². The number of hydrogen-bond acceptors (Lipinski definition) is 7. The average molecular weight is 519 g/mol. The van der Waals surface area contributed by atoms with E-state index < -0.39 is 41.9 Å². The molecule has 1 amide bonds. The first-order valence-corrected chi connectivity index (χ1v) is 9.95. The molecule has 3 N–H and O–H groups in total. The van der Waals surface area contributed by atoms with Gasteiger partial charge in [0.05, 0.1) is 5.56 Å². The summed E-state index contributed by atoms with van der Waals surface area (Å²) < 4.78 is 96.4. The molecule has 0 saturated heterocycles. The van der Waals surface area contributed by atoms with E-state index in [0.717, 1.165) is 32.3 Å². The molecule has 2 aromatic rings. The molecule has 0 spiro atoms. The Kier molecular flexibility index (Phi) is 7.22. The monoisotopic (exact) mass is 519 g/mol. The molecule has 0 unspecified atom stereocenters. The molecule has 0 radical (unpaired) electrons. The zero-order valence-electron chi connectivity index (χ0n) is 18.1. The Bertz CT molecular complexity index is 1240. The van der Waals surface area contributed by atoms with Crippen molar-refractivity contribution in [3.8, 4) is 11.8 Å². The van der Waals surface area contributed by atoms with Crippen LogP contribution in [0.4, 0.5) is 36.6 Å². The van der Waals surface area contributed by atoms with Gasteiger partial charge in [0.2, 0.25) is 0 Å². The highest BCUT2D eigenvalue weighted by molar-refractivity contribution is 6.09. The summed E-state index contributed by atoms with van der Waals surface area (Å²) in [4.78, 5) is 16.3. The number of nitrogens with one attached hydrogen (secondary N) is 3. The second kappa shape index (κ2) is 9.84. The summed E-state index contributed by atoms with van der Waals surface area (Å²) >= 11 is 0. The van der Waals surface area contributed by atoms with Gasteiger partial charge in [0.1, 0.15) is 6.07 Å². The third kappa shape index (κ3) is 5.39. The molecule has 192 valence electrons. The smallest absolute Gasteiger partial charge is 0.429 e. The minimum Gasteiger partial charge on any atom is -0.429 e. The fraction of sp³-hybridized carbons (Fsp3) is 0.350. The van der Waals surface area contributed by atoms with Crippen molar-refractivity contribution in [2.45, 2.75) is 37.6 Å². The number of nitrogens with zero attached hydrogens (tertiary/aromatic N) is 4. The Hall–Kier alpha value is -4.16. The van der Waals surface area contributed by atoms with Crippen LogP contribution in [0.3, 0.4) is 0 Å². The summed E-state index contributed by atoms with van der Waals surface area (Å²) in [5.41, 5.74) is -2.47. The molecule has 2 heterocycles. The molecule has 2 aromatic heterocycles. The van der Waals surface area contributed by atoms with E-state index in [9.17, 15) is 40.8 Å². The number of halogens is 7. The summed E-state index contributed by atoms with van der Waals surface area (Å²) in [7, 11) is 0.901. The van der Waals surface area contributed by atoms with E-state index in [2.05, 4.69) is 25.5 Å². The third-order valence-electron chi connectivity index (χ3n) is 4.87. The van der Waals surface area contributed by atoms with Gasteiger partial charge >= 0.3 is 18.7 Å². The van der Waals surface area contributed by atoms with E-state index in [1.54, 1.807) is 6.07 Å². The van der Waals surface area contributed by atoms with Crippen LogP contribution < -0.4 is 15.4 Å². The highest BCUT2D eigenvalue weighted by Crippen LogP contribution is 2.48. The highest BCUT2D eigenvalue weighted by atomic mass is 19.4. The van der Waals surface area contributed by atoms with Crippen LogP contribution in [0.2, 0.25) is 0 Å². The van der Waals surface area contributed by atoms with Crippen LogP contribution >= 0.6 is 0 Å². The Labute approximate surface area is 198 Å². The molecule has 1 aliphatic carbocycles. The Morgan fingerprint density at radius 2 is 2.00 bits per heavy atom. The molecular weight excluding hydrogens is 503 g/mol. The molecule has 0 bridgehead atoms. The lowest BCUT2D eigenvalue weighted by Gasteiger charge is -2.18. The molecule has 0 aromatic carbocycles. The van der Waals surface area contributed by atoms with Gasteiger partial charge in [-0.15, -0.1) is 0 Å². The fourth-order valence-electron chi connectivity index (χ4n) is 2.93. The van der Waals surface area contributed by atoms with Gasteiger partial charge < -0.3 is 20.8 Å². The molecule has 0 atom stereocenters. The van der Waals surface area contributed by atoms with Crippen molar-refractivity contribution in [3.63, 3.8) is 0 Å². The largest absolute Gasteiger partial charge is 0.459 e. The maximum Gasteiger partial charge on any atom is 0.459 e. The van der Waals surface area contributed by atoms with Crippen LogP contribution in [0.5, 0.6) is 5.75 Å². The Morgan fingerprint density at radius 1 is 1.33 bits per heavy atom. The lowest BCUT2D eigenvalue weighted by Crippen LogP contribution is -2.34. The van der Waals surface area contributed by atoms with Gasteiger partial charge in [-0.05, 0) is 18.9 Å². The summed E-state index contributed by atoms with van der Waals surface area (Å²) in [5, 5.41) is 24.7. The standard InChI is InChI=1S/C20H16F7N7O2/c1-34-16(14(36-18(21)22)15(33-34)19(23,24)20(25,26)27)31-8-10(5-28)9-4-12(13(6-29)30-7-9)17(35)32-11-2-3-11/h4-5,7-8,11,18,28,31H,2-3H2,1H3,(H,32,35)/b10-8+,28-5?. The quantitative estimate of drug-likeness (QED) is 0.340. The topological polar surface area (TPSA) is 129 Å². The first kappa shape index (κ1) is 26.4. The van der Waals surface area contributed by atoms with Crippen LogP contribution in [0, 0.1) is 16.7 Å². The van der Waals surface area contributed by atoms with Gasteiger partial charge in [-0.1, -0.05) is 0 Å². The molecule has 1 aliphatic rings. The van der Waals surface area contributed by atoms with Gasteiger partial charge in [0.25, 0.3) is 5.91 Å². The number of aromatic nitrogens is 3. The van der Waals surface area contributed by atoms with E-state index >= 15 is 0 Å². The van der Waals surface area contributed by atoms with Crippen molar-refractivity contribution in [3.05, 3.63) is 41.0 Å². The van der Waals surface area contributed by atoms with Gasteiger partial charge in [0.15, 0.2) is 23.0 Å². The second-order valence-electron chi connectivity index (χ2n) is 7.47. The minimum atomic E-state index is -6.15. The maximum atomic E-state index is 13.9. The van der Waals surface area contributed by atoms with Gasteiger partial charge in [-0.3, -0.25) is 4.79 Å². The average Bonchev–Trinajstić information content (AvgIpc) is 3.56. The van der Waals surface area contributed by atoms with E-state index in [-0.39, 0.29) is 28.4 Å². The molecule has 16 heteroatoms. The molecule has 9 nitrogen and oxygen atoms in total. The number of pyridine rings is 1. The first-order chi connectivity index (χ1) is 16.8. The molecule has 1 saturated carbocycles. The van der Waals surface area contributed by atoms with Crippen LogP contribution in [-0.4, -0.2) is 45.7 Å². The molecular formula is C20H16F7N7O2. The summed E-state index contributed by atoms with van der Waals surface area (Å²) in [6, 6.07) is 2.91. The second-order valence-corrected chi connectivity index (χ2v) is 7.47. The number of carbonyl (C=O) groups is 1. The third-order valence-corrected chi connectivity index (χ3v) is 4.87. The number of ether oxygens (including phenoxy) is 1. The zero-order valence-corrected chi connectivity index (χ0v) is 18.1. The summed E-state index contributed by atoms with van der Waals surface area (Å²) in [6.07, 6.45) is -1.93. The molecule has 36 heavy (non-hydrogen) atoms. The Balaban J connectivity index is 2.01. The number of amides is 1. The van der Waals surface area contributed by atoms with Gasteiger partial charge in [-0.2, -0.15) is 41.1 Å². The number of allylic oxidation sites excluding steroid dienone is 1. The molecule has 0 aliphatic heterocycles. The minimum absolute atomic E-state index is 0.0470. The van der Waals surface area contributed by atoms with Crippen LogP contribution in [-0.2, 0) is 13.0 Å². The van der Waals surface area contributed by atoms with E-state index in [4.69, 9.17) is 5.41 Å². The van der Waals surface area contributed by atoms with Crippen LogP contribution in [0.15, 0.2) is 18.5 Å². The lowest BCUT2D eigenvalue weighted by atomic mass is 10.1. The van der Waals surface area contributed by atoms with Crippen molar-refractivity contribution in [2.75, 3.05) is 5.32 Å². The number of anilines is 1. The number of nitriles is 1. The Morgan fingerprint density at radius 3 is 2.53 bits per heavy atom. The fourth-order valence-corrected chi connectivity index (χ4v) is 2.93. The number of rotatable bonds is 9. The van der Waals surface area contributed by atoms with Gasteiger partial charge in [-0.25, -0.2) is 9.67 Å².